The van der Waals surface area contributed by atoms with Gasteiger partial charge in [-0.05, 0) is 12.0 Å². The molecular weight excluding hydrogens is 362 g/mol. The number of unbranched alkanes of at least 4 members (excludes halogenated alkanes) is 1. The van der Waals surface area contributed by atoms with E-state index in [1.807, 2.05) is 47.0 Å². The normalized spacial score (nSPS) is 19.4. The molecule has 2 saturated heterocycles. The van der Waals surface area contributed by atoms with E-state index in [1.165, 1.54) is 4.90 Å². The molecule has 2 fully saturated rings. The van der Waals surface area contributed by atoms with Gasteiger partial charge in [-0.15, -0.1) is 0 Å². The van der Waals surface area contributed by atoms with Crippen molar-refractivity contribution in [2.24, 2.45) is 0 Å². The Morgan fingerprint density at radius 3 is 2.41 bits per heavy atom. The van der Waals surface area contributed by atoms with Crippen LogP contribution in [0.1, 0.15) is 31.4 Å². The number of carbonyl (C=O) groups is 3. The zero-order chi connectivity index (χ0) is 19.2. The van der Waals surface area contributed by atoms with Gasteiger partial charge in [-0.2, -0.15) is 11.8 Å². The van der Waals surface area contributed by atoms with Crippen LogP contribution in [-0.2, 0) is 14.4 Å². The second-order valence-electron chi connectivity index (χ2n) is 6.90. The van der Waals surface area contributed by atoms with E-state index >= 15 is 0 Å². The molecule has 2 heterocycles. The topological polar surface area (TPSA) is 60.9 Å². The second kappa shape index (κ2) is 9.26. The highest BCUT2D eigenvalue weighted by Gasteiger charge is 2.41. The molecule has 0 radical (unpaired) electrons. The van der Waals surface area contributed by atoms with Crippen molar-refractivity contribution in [3.05, 3.63) is 35.9 Å². The molecule has 0 unspecified atom stereocenters. The van der Waals surface area contributed by atoms with Crippen molar-refractivity contribution in [2.45, 2.75) is 25.8 Å². The van der Waals surface area contributed by atoms with Crippen LogP contribution >= 0.6 is 11.8 Å². The number of nitrogens with zero attached hydrogens (tertiary/aromatic N) is 3. The molecule has 0 saturated carbocycles. The fraction of sp³-hybridized carbons (Fsp3) is 0.550. The van der Waals surface area contributed by atoms with E-state index in [0.717, 1.165) is 29.9 Å². The van der Waals surface area contributed by atoms with Gasteiger partial charge >= 0.3 is 11.8 Å². The number of piperazine rings is 1. The van der Waals surface area contributed by atoms with Gasteiger partial charge in [0, 0.05) is 44.2 Å². The molecule has 0 N–H and O–H groups in total. The predicted octanol–water partition coefficient (Wildman–Crippen LogP) is 1.77. The third kappa shape index (κ3) is 4.46. The fourth-order valence-electron chi connectivity index (χ4n) is 3.55. The van der Waals surface area contributed by atoms with E-state index in [-0.39, 0.29) is 5.91 Å². The summed E-state index contributed by atoms with van der Waals surface area (Å²) in [5.41, 5.74) is 0.767. The van der Waals surface area contributed by atoms with Gasteiger partial charge in [-0.3, -0.25) is 14.4 Å². The van der Waals surface area contributed by atoms with Crippen LogP contribution in [0, 0.1) is 0 Å². The molecule has 0 spiro atoms. The van der Waals surface area contributed by atoms with Crippen molar-refractivity contribution in [3.63, 3.8) is 0 Å². The Labute approximate surface area is 164 Å². The minimum absolute atomic E-state index is 0.0790. The van der Waals surface area contributed by atoms with Crippen molar-refractivity contribution in [2.75, 3.05) is 44.2 Å². The van der Waals surface area contributed by atoms with Gasteiger partial charge in [0.25, 0.3) is 0 Å². The van der Waals surface area contributed by atoms with Crippen LogP contribution in [0.5, 0.6) is 0 Å². The summed E-state index contributed by atoms with van der Waals surface area (Å²) in [5.74, 6) is 0.684. The SMILES string of the molecule is CCCCN1CCN([C@@H](C(=O)N2CCSCC2)c2ccccc2)C(=O)C1=O. The molecule has 0 aromatic heterocycles. The first kappa shape index (κ1) is 19.7. The third-order valence-electron chi connectivity index (χ3n) is 5.11. The van der Waals surface area contributed by atoms with E-state index < -0.39 is 17.9 Å². The standard InChI is InChI=1S/C20H27N3O3S/c1-2-3-9-21-10-11-23(20(26)19(21)25)17(16-7-5-4-6-8-16)18(24)22-12-14-27-15-13-22/h4-8,17H,2-3,9-15H2,1H3/t17-/m1/s1. The van der Waals surface area contributed by atoms with Crippen LogP contribution in [0.2, 0.25) is 0 Å². The molecule has 1 atom stereocenters. The molecule has 7 heteroatoms. The average Bonchev–Trinajstić information content (AvgIpc) is 2.72. The Morgan fingerprint density at radius 1 is 1.04 bits per heavy atom. The molecule has 1 aromatic carbocycles. The molecule has 0 aliphatic carbocycles. The summed E-state index contributed by atoms with van der Waals surface area (Å²) in [6.45, 7) is 4.90. The quantitative estimate of drug-likeness (QED) is 0.696. The molecule has 27 heavy (non-hydrogen) atoms. The van der Waals surface area contributed by atoms with Crippen molar-refractivity contribution < 1.29 is 14.4 Å². The van der Waals surface area contributed by atoms with Crippen LogP contribution < -0.4 is 0 Å². The zero-order valence-electron chi connectivity index (χ0n) is 15.8. The number of hydrogen-bond acceptors (Lipinski definition) is 4. The van der Waals surface area contributed by atoms with E-state index in [2.05, 4.69) is 6.92 Å². The summed E-state index contributed by atoms with van der Waals surface area (Å²) in [6.07, 6.45) is 1.85. The summed E-state index contributed by atoms with van der Waals surface area (Å²) >= 11 is 1.83. The number of thioether (sulfide) groups is 1. The highest BCUT2D eigenvalue weighted by atomic mass is 32.2. The Balaban J connectivity index is 1.84. The van der Waals surface area contributed by atoms with Gasteiger partial charge in [0.15, 0.2) is 0 Å². The van der Waals surface area contributed by atoms with Crippen molar-refractivity contribution in [1.29, 1.82) is 0 Å². The molecule has 3 rings (SSSR count). The lowest BCUT2D eigenvalue weighted by atomic mass is 10.0. The van der Waals surface area contributed by atoms with Gasteiger partial charge in [0.05, 0.1) is 0 Å². The summed E-state index contributed by atoms with van der Waals surface area (Å²) in [7, 11) is 0. The minimum atomic E-state index is -0.723. The first-order valence-electron chi connectivity index (χ1n) is 9.65. The van der Waals surface area contributed by atoms with Crippen molar-refractivity contribution in [3.8, 4) is 0 Å². The van der Waals surface area contributed by atoms with Gasteiger partial charge < -0.3 is 14.7 Å². The molecule has 0 bridgehead atoms. The van der Waals surface area contributed by atoms with Crippen LogP contribution in [0.15, 0.2) is 30.3 Å². The average molecular weight is 390 g/mol. The largest absolute Gasteiger partial charge is 0.339 e. The lowest BCUT2D eigenvalue weighted by Gasteiger charge is -2.40. The van der Waals surface area contributed by atoms with Crippen LogP contribution in [0.25, 0.3) is 0 Å². The predicted molar refractivity (Wildman–Crippen MR) is 106 cm³/mol. The van der Waals surface area contributed by atoms with E-state index in [4.69, 9.17) is 0 Å². The molecular formula is C20H27N3O3S. The van der Waals surface area contributed by atoms with Crippen LogP contribution in [0.3, 0.4) is 0 Å². The lowest BCUT2D eigenvalue weighted by molar-refractivity contribution is -0.161. The molecule has 2 aliphatic heterocycles. The third-order valence-corrected chi connectivity index (χ3v) is 6.05. The maximum Gasteiger partial charge on any atom is 0.313 e. The van der Waals surface area contributed by atoms with Crippen LogP contribution in [-0.4, -0.2) is 76.7 Å². The number of benzene rings is 1. The summed E-state index contributed by atoms with van der Waals surface area (Å²) < 4.78 is 0. The van der Waals surface area contributed by atoms with Crippen molar-refractivity contribution >= 4 is 29.5 Å². The minimum Gasteiger partial charge on any atom is -0.339 e. The van der Waals surface area contributed by atoms with Gasteiger partial charge in [0.1, 0.15) is 6.04 Å². The highest BCUT2D eigenvalue weighted by Crippen LogP contribution is 2.27. The van der Waals surface area contributed by atoms with E-state index in [0.29, 0.717) is 32.7 Å². The van der Waals surface area contributed by atoms with E-state index in [9.17, 15) is 14.4 Å². The molecule has 1 aromatic rings. The van der Waals surface area contributed by atoms with Gasteiger partial charge in [-0.1, -0.05) is 43.7 Å². The van der Waals surface area contributed by atoms with Crippen LogP contribution in [0.4, 0.5) is 0 Å². The van der Waals surface area contributed by atoms with Crippen molar-refractivity contribution in [1.82, 2.24) is 14.7 Å². The molecule has 3 amide bonds. The number of rotatable bonds is 6. The fourth-order valence-corrected chi connectivity index (χ4v) is 4.45. The molecule has 6 nitrogen and oxygen atoms in total. The maximum absolute atomic E-state index is 13.3. The number of carbonyl (C=O) groups excluding carboxylic acids is 3. The lowest BCUT2D eigenvalue weighted by Crippen LogP contribution is -2.58. The molecule has 2 aliphatic rings. The maximum atomic E-state index is 13.3. The first-order chi connectivity index (χ1) is 13.1. The van der Waals surface area contributed by atoms with Gasteiger partial charge in [-0.25, -0.2) is 0 Å². The van der Waals surface area contributed by atoms with Gasteiger partial charge in [0.2, 0.25) is 5.91 Å². The summed E-state index contributed by atoms with van der Waals surface area (Å²) in [5, 5.41) is 0. The number of hydrogen-bond donors (Lipinski definition) is 0. The highest BCUT2D eigenvalue weighted by molar-refractivity contribution is 7.99. The Kier molecular flexibility index (Phi) is 6.77. The molecule has 146 valence electrons. The summed E-state index contributed by atoms with van der Waals surface area (Å²) in [4.78, 5) is 43.7. The monoisotopic (exact) mass is 389 g/mol. The summed E-state index contributed by atoms with van der Waals surface area (Å²) in [6, 6.07) is 8.62. The Hall–Kier alpha value is -2.02. The van der Waals surface area contributed by atoms with E-state index in [1.54, 1.807) is 4.90 Å². The Bertz CT molecular complexity index is 676. The second-order valence-corrected chi connectivity index (χ2v) is 8.12. The first-order valence-corrected chi connectivity index (χ1v) is 10.8. The smallest absolute Gasteiger partial charge is 0.313 e. The zero-order valence-corrected chi connectivity index (χ0v) is 16.6. The Morgan fingerprint density at radius 2 is 1.74 bits per heavy atom. The number of amides is 3.